The van der Waals surface area contributed by atoms with Gasteiger partial charge in [0.15, 0.2) is 0 Å². The van der Waals surface area contributed by atoms with Gasteiger partial charge in [0.1, 0.15) is 0 Å². The third-order valence-corrected chi connectivity index (χ3v) is 3.36. The van der Waals surface area contributed by atoms with Crippen molar-refractivity contribution < 1.29 is 4.79 Å². The molecule has 0 aliphatic heterocycles. The first-order chi connectivity index (χ1) is 7.69. The Balaban J connectivity index is 2.65. The lowest BCUT2D eigenvalue weighted by Crippen LogP contribution is -2.25. The second-order valence-corrected chi connectivity index (χ2v) is 4.38. The highest BCUT2D eigenvalue weighted by Gasteiger charge is 2.18. The summed E-state index contributed by atoms with van der Waals surface area (Å²) < 4.78 is 1.66. The Morgan fingerprint density at radius 1 is 1.69 bits per heavy atom. The van der Waals surface area contributed by atoms with Crippen LogP contribution in [-0.2, 0) is 11.3 Å². The number of thioether (sulfide) groups is 1. The van der Waals surface area contributed by atoms with Crippen LogP contribution in [0.2, 0.25) is 0 Å². The lowest BCUT2D eigenvalue weighted by molar-refractivity contribution is -0.117. The molecule has 3 N–H and O–H groups in total. The largest absolute Gasteiger partial charge is 0.369 e. The molecule has 7 nitrogen and oxygen atoms in total. The van der Waals surface area contributed by atoms with Gasteiger partial charge in [-0.15, -0.1) is 5.10 Å². The smallest absolute Gasteiger partial charge is 0.231 e. The molecule has 1 amide bonds. The molecular formula is C8H16N6OS. The molecule has 0 aliphatic carbocycles. The number of tetrazole rings is 1. The van der Waals surface area contributed by atoms with Crippen molar-refractivity contribution >= 4 is 17.7 Å². The minimum Gasteiger partial charge on any atom is -0.369 e. The number of hydrogen-bond donors (Lipinski definition) is 2. The quantitative estimate of drug-likeness (QED) is 0.612. The Morgan fingerprint density at radius 3 is 3.00 bits per heavy atom. The molecule has 0 aromatic carbocycles. The summed E-state index contributed by atoms with van der Waals surface area (Å²) in [5.74, 6) is -0.337. The van der Waals surface area contributed by atoms with E-state index >= 15 is 0 Å². The van der Waals surface area contributed by atoms with Gasteiger partial charge in [-0.2, -0.15) is 0 Å². The van der Waals surface area contributed by atoms with Crippen LogP contribution >= 0.6 is 11.8 Å². The van der Waals surface area contributed by atoms with E-state index in [4.69, 9.17) is 5.73 Å². The minimum absolute atomic E-state index is 0.278. The van der Waals surface area contributed by atoms with E-state index in [-0.39, 0.29) is 11.2 Å². The van der Waals surface area contributed by atoms with Crippen molar-refractivity contribution in [2.75, 3.05) is 13.6 Å². The monoisotopic (exact) mass is 244 g/mol. The van der Waals surface area contributed by atoms with Crippen LogP contribution in [0, 0.1) is 0 Å². The molecule has 1 aromatic heterocycles. The van der Waals surface area contributed by atoms with Crippen molar-refractivity contribution in [2.24, 2.45) is 5.73 Å². The number of aromatic nitrogens is 4. The molecule has 0 aliphatic rings. The maximum atomic E-state index is 11.1. The molecule has 1 rings (SSSR count). The third-order valence-electron chi connectivity index (χ3n) is 2.01. The normalized spacial score (nSPS) is 12.6. The Labute approximate surface area is 98.1 Å². The highest BCUT2D eigenvalue weighted by atomic mass is 32.2. The van der Waals surface area contributed by atoms with Crippen LogP contribution in [0.25, 0.3) is 0 Å². The van der Waals surface area contributed by atoms with Crippen molar-refractivity contribution in [1.82, 2.24) is 25.5 Å². The summed E-state index contributed by atoms with van der Waals surface area (Å²) >= 11 is 1.31. The predicted octanol–water partition coefficient (Wildman–Crippen LogP) is -0.751. The molecule has 0 saturated carbocycles. The van der Waals surface area contributed by atoms with Gasteiger partial charge in [0, 0.05) is 6.54 Å². The van der Waals surface area contributed by atoms with E-state index in [2.05, 4.69) is 20.8 Å². The molecule has 1 atom stereocenters. The average molecular weight is 244 g/mol. The van der Waals surface area contributed by atoms with E-state index in [0.29, 0.717) is 18.1 Å². The fourth-order valence-corrected chi connectivity index (χ4v) is 1.98. The van der Waals surface area contributed by atoms with Crippen LogP contribution in [0.3, 0.4) is 0 Å². The molecule has 0 saturated heterocycles. The zero-order valence-electron chi connectivity index (χ0n) is 9.38. The summed E-state index contributed by atoms with van der Waals surface area (Å²) in [7, 11) is 1.86. The summed E-state index contributed by atoms with van der Waals surface area (Å²) in [5, 5.41) is 14.6. The topological polar surface area (TPSA) is 98.7 Å². The molecule has 90 valence electrons. The number of carbonyl (C=O) groups is 1. The fourth-order valence-electron chi connectivity index (χ4n) is 1.11. The van der Waals surface area contributed by atoms with E-state index in [9.17, 15) is 4.79 Å². The van der Waals surface area contributed by atoms with Gasteiger partial charge in [-0.1, -0.05) is 18.7 Å². The number of amides is 1. The van der Waals surface area contributed by atoms with Gasteiger partial charge >= 0.3 is 0 Å². The second kappa shape index (κ2) is 6.44. The van der Waals surface area contributed by atoms with Gasteiger partial charge in [-0.05, 0) is 23.9 Å². The van der Waals surface area contributed by atoms with E-state index in [1.165, 1.54) is 11.8 Å². The summed E-state index contributed by atoms with van der Waals surface area (Å²) in [6, 6.07) is 0. The van der Waals surface area contributed by atoms with Gasteiger partial charge in [-0.25, -0.2) is 4.68 Å². The molecule has 8 heteroatoms. The molecule has 0 radical (unpaired) electrons. The van der Waals surface area contributed by atoms with Gasteiger partial charge in [0.2, 0.25) is 11.1 Å². The van der Waals surface area contributed by atoms with Crippen LogP contribution in [0.1, 0.15) is 13.3 Å². The number of rotatable bonds is 7. The lowest BCUT2D eigenvalue weighted by Gasteiger charge is -2.09. The molecule has 1 unspecified atom stereocenters. The molecule has 0 spiro atoms. The summed E-state index contributed by atoms with van der Waals surface area (Å²) in [4.78, 5) is 11.1. The zero-order chi connectivity index (χ0) is 12.0. The third kappa shape index (κ3) is 3.46. The van der Waals surface area contributed by atoms with Crippen molar-refractivity contribution in [1.29, 1.82) is 0 Å². The van der Waals surface area contributed by atoms with Crippen LogP contribution in [0.5, 0.6) is 0 Å². The molecular weight excluding hydrogens is 228 g/mol. The number of hydrogen-bond acceptors (Lipinski definition) is 6. The van der Waals surface area contributed by atoms with Gasteiger partial charge < -0.3 is 11.1 Å². The first kappa shape index (κ1) is 12.9. The Morgan fingerprint density at radius 2 is 2.44 bits per heavy atom. The minimum atomic E-state index is -0.337. The number of nitrogens with one attached hydrogen (secondary N) is 1. The molecule has 16 heavy (non-hydrogen) atoms. The molecule has 1 heterocycles. The van der Waals surface area contributed by atoms with Crippen molar-refractivity contribution in [3.8, 4) is 0 Å². The van der Waals surface area contributed by atoms with Crippen molar-refractivity contribution in [3.63, 3.8) is 0 Å². The van der Waals surface area contributed by atoms with E-state index < -0.39 is 0 Å². The maximum absolute atomic E-state index is 11.1. The fraction of sp³-hybridized carbons (Fsp3) is 0.750. The van der Waals surface area contributed by atoms with Crippen LogP contribution in [-0.4, -0.2) is 45.0 Å². The van der Waals surface area contributed by atoms with Crippen molar-refractivity contribution in [3.05, 3.63) is 0 Å². The summed E-state index contributed by atoms with van der Waals surface area (Å²) in [6.07, 6.45) is 0.666. The summed E-state index contributed by atoms with van der Waals surface area (Å²) in [6.45, 7) is 3.34. The Bertz CT molecular complexity index is 341. The van der Waals surface area contributed by atoms with Gasteiger partial charge in [0.05, 0.1) is 11.8 Å². The highest BCUT2D eigenvalue weighted by Crippen LogP contribution is 2.22. The average Bonchev–Trinajstić information content (AvgIpc) is 2.69. The maximum Gasteiger partial charge on any atom is 0.231 e. The zero-order valence-corrected chi connectivity index (χ0v) is 10.2. The second-order valence-electron chi connectivity index (χ2n) is 3.21. The summed E-state index contributed by atoms with van der Waals surface area (Å²) in [5.41, 5.74) is 5.26. The predicted molar refractivity (Wildman–Crippen MR) is 60.9 cm³/mol. The van der Waals surface area contributed by atoms with Crippen molar-refractivity contribution in [2.45, 2.75) is 30.3 Å². The Kier molecular flexibility index (Phi) is 5.20. The number of primary amides is 1. The van der Waals surface area contributed by atoms with E-state index in [1.807, 2.05) is 14.0 Å². The van der Waals surface area contributed by atoms with Gasteiger partial charge in [0.25, 0.3) is 0 Å². The van der Waals surface area contributed by atoms with E-state index in [1.54, 1.807) is 4.68 Å². The first-order valence-corrected chi connectivity index (χ1v) is 5.93. The lowest BCUT2D eigenvalue weighted by atomic mass is 10.3. The van der Waals surface area contributed by atoms with Gasteiger partial charge in [-0.3, -0.25) is 4.79 Å². The molecule has 1 aromatic rings. The number of nitrogens with zero attached hydrogens (tertiary/aromatic N) is 4. The molecule has 0 bridgehead atoms. The number of likely N-dealkylation sites (N-methyl/N-ethyl adjacent to an activating group) is 1. The van der Waals surface area contributed by atoms with Crippen LogP contribution in [0.4, 0.5) is 0 Å². The standard InChI is InChI=1S/C8H16N6OS/c1-3-6(7(9)15)16-8-11-12-13-14(8)5-4-10-2/h6,10H,3-5H2,1-2H3,(H2,9,15). The Hall–Kier alpha value is -1.15. The SMILES string of the molecule is CCC(Sc1nnnn1CCNC)C(N)=O. The number of nitrogens with two attached hydrogens (primary N) is 1. The van der Waals surface area contributed by atoms with Crippen LogP contribution < -0.4 is 11.1 Å². The first-order valence-electron chi connectivity index (χ1n) is 5.05. The van der Waals surface area contributed by atoms with E-state index in [0.717, 1.165) is 6.54 Å². The van der Waals surface area contributed by atoms with Crippen LogP contribution in [0.15, 0.2) is 5.16 Å². The molecule has 0 fully saturated rings. The highest BCUT2D eigenvalue weighted by molar-refractivity contribution is 8.00. The number of carbonyl (C=O) groups excluding carboxylic acids is 1.